The second-order valence-electron chi connectivity index (χ2n) is 6.57. The molecule has 1 atom stereocenters. The quantitative estimate of drug-likeness (QED) is 0.338. The first-order chi connectivity index (χ1) is 13.9. The molecule has 0 fully saturated rings. The van der Waals surface area contributed by atoms with E-state index in [9.17, 15) is 19.3 Å². The molecule has 0 spiro atoms. The van der Waals surface area contributed by atoms with Crippen LogP contribution in [0.2, 0.25) is 0 Å². The van der Waals surface area contributed by atoms with Crippen molar-refractivity contribution in [3.63, 3.8) is 0 Å². The summed E-state index contributed by atoms with van der Waals surface area (Å²) < 4.78 is 21.1. The lowest BCUT2D eigenvalue weighted by Gasteiger charge is -2.13. The van der Waals surface area contributed by atoms with Crippen LogP contribution in [-0.4, -0.2) is 27.1 Å². The third kappa shape index (κ3) is 4.48. The fraction of sp³-hybridized carbons (Fsp3) is 0.238. The van der Waals surface area contributed by atoms with Crippen LogP contribution in [0.1, 0.15) is 24.2 Å². The maximum absolute atomic E-state index is 14.5. The normalized spacial score (nSPS) is 11.8. The standard InChI is InChI=1S/C21H20FN3O4/c1-14(17-8-9-18(19(22)12-17)16-6-4-3-5-7-16)21(26)29-11-10-24-15(2)23-13-20(24)25(27)28/h3-9,12-14H,10-11H2,1-2H3/t14-/m1/s1. The van der Waals surface area contributed by atoms with Crippen molar-refractivity contribution in [1.82, 2.24) is 9.55 Å². The Bertz CT molecular complexity index is 1030. The van der Waals surface area contributed by atoms with Crippen molar-refractivity contribution in [3.05, 3.63) is 82.0 Å². The first-order valence-corrected chi connectivity index (χ1v) is 9.06. The van der Waals surface area contributed by atoms with Crippen LogP contribution in [0, 0.1) is 22.9 Å². The minimum Gasteiger partial charge on any atom is -0.461 e. The van der Waals surface area contributed by atoms with Gasteiger partial charge < -0.3 is 14.9 Å². The zero-order valence-electron chi connectivity index (χ0n) is 16.0. The van der Waals surface area contributed by atoms with Gasteiger partial charge in [0.25, 0.3) is 0 Å². The first-order valence-electron chi connectivity index (χ1n) is 9.06. The highest BCUT2D eigenvalue weighted by molar-refractivity contribution is 5.78. The zero-order valence-corrected chi connectivity index (χ0v) is 16.0. The molecule has 1 heterocycles. The van der Waals surface area contributed by atoms with Gasteiger partial charge in [-0.3, -0.25) is 4.79 Å². The Morgan fingerprint density at radius 2 is 2.00 bits per heavy atom. The van der Waals surface area contributed by atoms with Crippen molar-refractivity contribution in [2.45, 2.75) is 26.3 Å². The predicted molar refractivity (Wildman–Crippen MR) is 105 cm³/mol. The molecule has 0 radical (unpaired) electrons. The van der Waals surface area contributed by atoms with E-state index in [4.69, 9.17) is 4.74 Å². The number of hydrogen-bond acceptors (Lipinski definition) is 5. The molecule has 29 heavy (non-hydrogen) atoms. The molecule has 0 saturated carbocycles. The number of aromatic nitrogens is 2. The summed E-state index contributed by atoms with van der Waals surface area (Å²) in [7, 11) is 0. The summed E-state index contributed by atoms with van der Waals surface area (Å²) in [4.78, 5) is 26.7. The molecular weight excluding hydrogens is 377 g/mol. The largest absolute Gasteiger partial charge is 0.461 e. The third-order valence-corrected chi connectivity index (χ3v) is 4.71. The molecule has 3 rings (SSSR count). The number of carbonyl (C=O) groups excluding carboxylic acids is 1. The van der Waals surface area contributed by atoms with Crippen LogP contribution in [0.3, 0.4) is 0 Å². The van der Waals surface area contributed by atoms with Gasteiger partial charge in [0.2, 0.25) is 0 Å². The highest BCUT2D eigenvalue weighted by atomic mass is 19.1. The van der Waals surface area contributed by atoms with Crippen LogP contribution in [-0.2, 0) is 16.1 Å². The molecular formula is C21H20FN3O4. The van der Waals surface area contributed by atoms with E-state index in [0.717, 1.165) is 11.8 Å². The van der Waals surface area contributed by atoms with Crippen molar-refractivity contribution in [3.8, 4) is 11.1 Å². The second-order valence-corrected chi connectivity index (χ2v) is 6.57. The molecule has 8 heteroatoms. The minimum atomic E-state index is -0.673. The Labute approximate surface area is 166 Å². The molecule has 0 aliphatic heterocycles. The second kappa shape index (κ2) is 8.64. The minimum absolute atomic E-state index is 0.0498. The van der Waals surface area contributed by atoms with Gasteiger partial charge in [-0.15, -0.1) is 0 Å². The van der Waals surface area contributed by atoms with Crippen LogP contribution in [0.25, 0.3) is 11.1 Å². The Hall–Kier alpha value is -3.55. The number of esters is 1. The van der Waals surface area contributed by atoms with Crippen LogP contribution in [0.15, 0.2) is 54.7 Å². The summed E-state index contributed by atoms with van der Waals surface area (Å²) in [5.74, 6) is -1.33. The highest BCUT2D eigenvalue weighted by Gasteiger charge is 2.21. The average Bonchev–Trinajstić information content (AvgIpc) is 3.08. The lowest BCUT2D eigenvalue weighted by molar-refractivity contribution is -0.392. The van der Waals surface area contributed by atoms with Gasteiger partial charge in [0, 0.05) is 12.5 Å². The highest BCUT2D eigenvalue weighted by Crippen LogP contribution is 2.26. The molecule has 0 aliphatic carbocycles. The van der Waals surface area contributed by atoms with Gasteiger partial charge in [-0.05, 0) is 29.0 Å². The van der Waals surface area contributed by atoms with E-state index in [1.807, 2.05) is 30.3 Å². The number of aryl methyl sites for hydroxylation is 1. The SMILES string of the molecule is Cc1ncc([N+](=O)[O-])n1CCOC(=O)[C@H](C)c1ccc(-c2ccccc2)c(F)c1. The molecule has 150 valence electrons. The molecule has 0 unspecified atom stereocenters. The molecule has 0 aliphatic rings. The fourth-order valence-electron chi connectivity index (χ4n) is 3.03. The van der Waals surface area contributed by atoms with Crippen molar-refractivity contribution in [2.24, 2.45) is 0 Å². The topological polar surface area (TPSA) is 87.3 Å². The van der Waals surface area contributed by atoms with Crippen LogP contribution >= 0.6 is 0 Å². The Balaban J connectivity index is 1.64. The number of benzene rings is 2. The van der Waals surface area contributed by atoms with Crippen LogP contribution < -0.4 is 0 Å². The van der Waals surface area contributed by atoms with Gasteiger partial charge in [0.05, 0.1) is 5.92 Å². The summed E-state index contributed by atoms with van der Waals surface area (Å²) in [5.41, 5.74) is 1.71. The van der Waals surface area contributed by atoms with Gasteiger partial charge in [-0.2, -0.15) is 0 Å². The molecule has 3 aromatic rings. The van der Waals surface area contributed by atoms with Crippen LogP contribution in [0.5, 0.6) is 0 Å². The summed E-state index contributed by atoms with van der Waals surface area (Å²) in [6, 6.07) is 13.8. The van der Waals surface area contributed by atoms with Gasteiger partial charge >= 0.3 is 11.8 Å². The maximum atomic E-state index is 14.5. The number of halogens is 1. The monoisotopic (exact) mass is 397 g/mol. The van der Waals surface area contributed by atoms with E-state index < -0.39 is 22.6 Å². The molecule has 0 amide bonds. The molecule has 0 N–H and O–H groups in total. The van der Waals surface area contributed by atoms with E-state index >= 15 is 0 Å². The summed E-state index contributed by atoms with van der Waals surface area (Å²) in [5, 5.41) is 11.0. The zero-order chi connectivity index (χ0) is 21.0. The van der Waals surface area contributed by atoms with E-state index in [1.165, 1.54) is 10.6 Å². The molecule has 1 aromatic heterocycles. The number of nitro groups is 1. The predicted octanol–water partition coefficient (Wildman–Crippen LogP) is 4.25. The Morgan fingerprint density at radius 3 is 2.66 bits per heavy atom. The first kappa shape index (κ1) is 20.2. The van der Waals surface area contributed by atoms with E-state index in [0.29, 0.717) is 17.0 Å². The van der Waals surface area contributed by atoms with Crippen molar-refractivity contribution >= 4 is 11.8 Å². The average molecular weight is 397 g/mol. The van der Waals surface area contributed by atoms with E-state index in [-0.39, 0.29) is 19.0 Å². The molecule has 0 saturated heterocycles. The van der Waals surface area contributed by atoms with E-state index in [2.05, 4.69) is 4.98 Å². The van der Waals surface area contributed by atoms with Gasteiger partial charge in [-0.1, -0.05) is 42.5 Å². The maximum Gasteiger partial charge on any atom is 0.342 e. The summed E-state index contributed by atoms with van der Waals surface area (Å²) in [6.07, 6.45) is 1.16. The van der Waals surface area contributed by atoms with E-state index in [1.54, 1.807) is 26.0 Å². The number of imidazole rings is 1. The van der Waals surface area contributed by atoms with Gasteiger partial charge in [-0.25, -0.2) is 13.9 Å². The van der Waals surface area contributed by atoms with Crippen molar-refractivity contribution in [2.75, 3.05) is 6.61 Å². The lowest BCUT2D eigenvalue weighted by atomic mass is 9.97. The number of ether oxygens (including phenoxy) is 1. The number of carbonyl (C=O) groups is 1. The Kier molecular flexibility index (Phi) is 6.01. The number of hydrogen-bond donors (Lipinski definition) is 0. The summed E-state index contributed by atoms with van der Waals surface area (Å²) in [6.45, 7) is 3.33. The van der Waals surface area contributed by atoms with Gasteiger partial charge in [0.15, 0.2) is 5.82 Å². The third-order valence-electron chi connectivity index (χ3n) is 4.71. The lowest BCUT2D eigenvalue weighted by Crippen LogP contribution is -2.17. The molecule has 0 bridgehead atoms. The number of rotatable bonds is 7. The Morgan fingerprint density at radius 1 is 1.28 bits per heavy atom. The molecule has 7 nitrogen and oxygen atoms in total. The van der Waals surface area contributed by atoms with Crippen molar-refractivity contribution < 1.29 is 18.8 Å². The van der Waals surface area contributed by atoms with Crippen LogP contribution in [0.4, 0.5) is 10.2 Å². The smallest absolute Gasteiger partial charge is 0.342 e. The summed E-state index contributed by atoms with van der Waals surface area (Å²) >= 11 is 0. The molecule has 2 aromatic carbocycles. The van der Waals surface area contributed by atoms with Gasteiger partial charge in [0.1, 0.15) is 25.2 Å². The number of nitrogens with zero attached hydrogens (tertiary/aromatic N) is 3. The van der Waals surface area contributed by atoms with Crippen molar-refractivity contribution in [1.29, 1.82) is 0 Å². The fourth-order valence-corrected chi connectivity index (χ4v) is 3.03.